The SMILES string of the molecule is O=C(CNc1ccc(C(F)(F)F)cc1[N+](=O)[O-])c1ccc(S(=O)(=O)N2CCCC2)cc1. The number of sulfonamides is 1. The summed E-state index contributed by atoms with van der Waals surface area (Å²) in [6.07, 6.45) is -3.16. The number of nitro benzene ring substituents is 1. The number of Topliss-reactive ketones (excluding diaryl/α,β-unsaturated/α-hetero) is 1. The third-order valence-electron chi connectivity index (χ3n) is 4.84. The molecule has 0 spiro atoms. The lowest BCUT2D eigenvalue weighted by Crippen LogP contribution is -2.27. The molecule has 2 aromatic rings. The van der Waals surface area contributed by atoms with Crippen molar-refractivity contribution in [2.24, 2.45) is 0 Å². The van der Waals surface area contributed by atoms with E-state index in [0.717, 1.165) is 18.9 Å². The van der Waals surface area contributed by atoms with Gasteiger partial charge in [-0.15, -0.1) is 0 Å². The Morgan fingerprint density at radius 2 is 1.71 bits per heavy atom. The molecule has 3 rings (SSSR count). The van der Waals surface area contributed by atoms with E-state index in [1.54, 1.807) is 0 Å². The van der Waals surface area contributed by atoms with Crippen molar-refractivity contribution in [1.29, 1.82) is 0 Å². The van der Waals surface area contributed by atoms with Gasteiger partial charge in [-0.25, -0.2) is 8.42 Å². The second kappa shape index (κ2) is 8.63. The molecule has 0 atom stereocenters. The van der Waals surface area contributed by atoms with Crippen LogP contribution in [-0.4, -0.2) is 43.1 Å². The van der Waals surface area contributed by atoms with Crippen molar-refractivity contribution in [3.8, 4) is 0 Å². The van der Waals surface area contributed by atoms with Gasteiger partial charge in [0.25, 0.3) is 5.69 Å². The Kier molecular flexibility index (Phi) is 6.32. The first-order chi connectivity index (χ1) is 14.5. The molecule has 0 saturated carbocycles. The number of ketones is 1. The lowest BCUT2D eigenvalue weighted by molar-refractivity contribution is -0.384. The highest BCUT2D eigenvalue weighted by atomic mass is 32.2. The Balaban J connectivity index is 1.72. The molecule has 2 aromatic carbocycles. The molecule has 8 nitrogen and oxygen atoms in total. The number of anilines is 1. The lowest BCUT2D eigenvalue weighted by atomic mass is 10.1. The number of hydrogen-bond acceptors (Lipinski definition) is 6. The molecular formula is C19H18F3N3O5S. The van der Waals surface area contributed by atoms with Crippen LogP contribution in [0.4, 0.5) is 24.5 Å². The maximum absolute atomic E-state index is 12.8. The smallest absolute Gasteiger partial charge is 0.372 e. The summed E-state index contributed by atoms with van der Waals surface area (Å²) < 4.78 is 64.7. The molecule has 1 aliphatic rings. The maximum Gasteiger partial charge on any atom is 0.416 e. The molecule has 1 heterocycles. The Labute approximate surface area is 175 Å². The van der Waals surface area contributed by atoms with Crippen LogP contribution in [0.2, 0.25) is 0 Å². The fourth-order valence-corrected chi connectivity index (χ4v) is 4.69. The van der Waals surface area contributed by atoms with E-state index in [4.69, 9.17) is 0 Å². The molecule has 166 valence electrons. The standard InChI is InChI=1S/C19H18F3N3O5S/c20-19(21,22)14-5-8-16(17(11-14)25(27)28)23-12-18(26)13-3-6-15(7-4-13)31(29,30)24-9-1-2-10-24/h3-8,11,23H,1-2,9-10,12H2. The summed E-state index contributed by atoms with van der Waals surface area (Å²) in [5, 5.41) is 13.6. The number of halogens is 3. The zero-order valence-electron chi connectivity index (χ0n) is 16.1. The summed E-state index contributed by atoms with van der Waals surface area (Å²) in [6.45, 7) is 0.460. The van der Waals surface area contributed by atoms with E-state index in [1.165, 1.54) is 28.6 Å². The molecule has 1 aliphatic heterocycles. The predicted molar refractivity (Wildman–Crippen MR) is 105 cm³/mol. The van der Waals surface area contributed by atoms with Gasteiger partial charge in [-0.3, -0.25) is 14.9 Å². The summed E-state index contributed by atoms with van der Waals surface area (Å²) >= 11 is 0. The van der Waals surface area contributed by atoms with E-state index in [9.17, 15) is 36.5 Å². The van der Waals surface area contributed by atoms with Crippen molar-refractivity contribution in [2.45, 2.75) is 23.9 Å². The van der Waals surface area contributed by atoms with E-state index in [1.807, 2.05) is 0 Å². The van der Waals surface area contributed by atoms with Crippen LogP contribution >= 0.6 is 0 Å². The first-order valence-corrected chi connectivity index (χ1v) is 10.7. The minimum Gasteiger partial charge on any atom is -0.372 e. The molecule has 31 heavy (non-hydrogen) atoms. The summed E-state index contributed by atoms with van der Waals surface area (Å²) in [7, 11) is -3.63. The monoisotopic (exact) mass is 457 g/mol. The third kappa shape index (κ3) is 5.02. The van der Waals surface area contributed by atoms with Gasteiger partial charge in [0.05, 0.1) is 21.9 Å². The zero-order valence-corrected chi connectivity index (χ0v) is 16.9. The van der Waals surface area contributed by atoms with Gasteiger partial charge in [0.2, 0.25) is 10.0 Å². The van der Waals surface area contributed by atoms with Crippen molar-refractivity contribution in [2.75, 3.05) is 25.0 Å². The van der Waals surface area contributed by atoms with Crippen LogP contribution in [0.15, 0.2) is 47.4 Å². The molecule has 0 radical (unpaired) electrons. The quantitative estimate of drug-likeness (QED) is 0.386. The van der Waals surface area contributed by atoms with Crippen molar-refractivity contribution in [1.82, 2.24) is 4.31 Å². The number of nitro groups is 1. The average Bonchev–Trinajstić information content (AvgIpc) is 3.27. The van der Waals surface area contributed by atoms with Crippen LogP contribution in [-0.2, 0) is 16.2 Å². The second-order valence-corrected chi connectivity index (χ2v) is 8.84. The van der Waals surface area contributed by atoms with Crippen LogP contribution < -0.4 is 5.32 Å². The molecule has 1 fully saturated rings. The first kappa shape index (κ1) is 22.7. The zero-order chi connectivity index (χ0) is 22.8. The van der Waals surface area contributed by atoms with Gasteiger partial charge >= 0.3 is 6.18 Å². The number of nitrogens with one attached hydrogen (secondary N) is 1. The molecule has 1 N–H and O–H groups in total. The van der Waals surface area contributed by atoms with Gasteiger partial charge in [0, 0.05) is 24.7 Å². The molecule has 0 unspecified atom stereocenters. The summed E-state index contributed by atoms with van der Waals surface area (Å²) in [6, 6.07) is 7.23. The summed E-state index contributed by atoms with van der Waals surface area (Å²) in [4.78, 5) is 22.6. The second-order valence-electron chi connectivity index (χ2n) is 6.90. The molecule has 0 bridgehead atoms. The number of carbonyl (C=O) groups excluding carboxylic acids is 1. The van der Waals surface area contributed by atoms with Crippen molar-refractivity contribution in [3.63, 3.8) is 0 Å². The van der Waals surface area contributed by atoms with Gasteiger partial charge in [-0.1, -0.05) is 0 Å². The molecule has 1 saturated heterocycles. The van der Waals surface area contributed by atoms with E-state index < -0.39 is 44.7 Å². The number of nitrogens with zero attached hydrogens (tertiary/aromatic N) is 2. The van der Waals surface area contributed by atoms with Gasteiger partial charge < -0.3 is 5.32 Å². The van der Waals surface area contributed by atoms with Crippen molar-refractivity contribution in [3.05, 3.63) is 63.7 Å². The Hall–Kier alpha value is -2.99. The van der Waals surface area contributed by atoms with Gasteiger partial charge in [0.1, 0.15) is 5.69 Å². The summed E-state index contributed by atoms with van der Waals surface area (Å²) in [5.41, 5.74) is -2.07. The fraction of sp³-hybridized carbons (Fsp3) is 0.316. The molecule has 12 heteroatoms. The number of rotatable bonds is 7. The van der Waals surface area contributed by atoms with Crippen LogP contribution in [0, 0.1) is 10.1 Å². The molecule has 0 aliphatic carbocycles. The van der Waals surface area contributed by atoms with E-state index >= 15 is 0 Å². The van der Waals surface area contributed by atoms with Gasteiger partial charge in [-0.2, -0.15) is 17.5 Å². The number of carbonyl (C=O) groups is 1. The predicted octanol–water partition coefficient (Wildman–Crippen LogP) is 3.69. The van der Waals surface area contributed by atoms with E-state index in [0.29, 0.717) is 25.2 Å². The average molecular weight is 457 g/mol. The highest BCUT2D eigenvalue weighted by molar-refractivity contribution is 7.89. The lowest BCUT2D eigenvalue weighted by Gasteiger charge is -2.15. The Morgan fingerprint density at radius 3 is 2.26 bits per heavy atom. The van der Waals surface area contributed by atoms with Crippen LogP contribution in [0.25, 0.3) is 0 Å². The molecule has 0 amide bonds. The summed E-state index contributed by atoms with van der Waals surface area (Å²) in [5.74, 6) is -0.515. The normalized spacial score (nSPS) is 15.1. The topological polar surface area (TPSA) is 110 Å². The Morgan fingerprint density at radius 1 is 1.10 bits per heavy atom. The minimum absolute atomic E-state index is 0.0530. The van der Waals surface area contributed by atoms with E-state index in [-0.39, 0.29) is 16.1 Å². The maximum atomic E-state index is 12.8. The number of hydrogen-bond donors (Lipinski definition) is 1. The van der Waals surface area contributed by atoms with Crippen LogP contribution in [0.1, 0.15) is 28.8 Å². The molecule has 0 aromatic heterocycles. The van der Waals surface area contributed by atoms with Crippen LogP contribution in [0.3, 0.4) is 0 Å². The number of alkyl halides is 3. The third-order valence-corrected chi connectivity index (χ3v) is 6.75. The number of benzene rings is 2. The van der Waals surface area contributed by atoms with E-state index in [2.05, 4.69) is 5.32 Å². The van der Waals surface area contributed by atoms with Crippen LogP contribution in [0.5, 0.6) is 0 Å². The van der Waals surface area contributed by atoms with Gasteiger partial charge in [-0.05, 0) is 49.2 Å². The van der Waals surface area contributed by atoms with Crippen molar-refractivity contribution >= 4 is 27.2 Å². The Bertz CT molecular complexity index is 1100. The van der Waals surface area contributed by atoms with Crippen molar-refractivity contribution < 1.29 is 31.3 Å². The van der Waals surface area contributed by atoms with Gasteiger partial charge in [0.15, 0.2) is 5.78 Å². The fourth-order valence-electron chi connectivity index (χ4n) is 3.18. The minimum atomic E-state index is -4.74. The molecular weight excluding hydrogens is 439 g/mol. The largest absolute Gasteiger partial charge is 0.416 e. The highest BCUT2D eigenvalue weighted by Crippen LogP contribution is 2.35. The first-order valence-electron chi connectivity index (χ1n) is 9.23. The highest BCUT2D eigenvalue weighted by Gasteiger charge is 2.33.